The number of ether oxygens (including phenoxy) is 1. The Balaban J connectivity index is 1.88. The Hall–Kier alpha value is -1.80. The van der Waals surface area contributed by atoms with Gasteiger partial charge in [0.1, 0.15) is 5.75 Å². The van der Waals surface area contributed by atoms with Gasteiger partial charge in [-0.15, -0.1) is 0 Å². The molecular formula is C17H19NO. The molecule has 0 radical (unpaired) electrons. The van der Waals surface area contributed by atoms with Crippen LogP contribution in [0.5, 0.6) is 5.75 Å². The molecule has 2 nitrogen and oxygen atoms in total. The molecule has 0 spiro atoms. The summed E-state index contributed by atoms with van der Waals surface area (Å²) in [6, 6.07) is 14.8. The highest BCUT2D eigenvalue weighted by Gasteiger charge is 2.31. The quantitative estimate of drug-likeness (QED) is 0.910. The minimum absolute atomic E-state index is 0.0702. The van der Waals surface area contributed by atoms with E-state index in [0.717, 1.165) is 12.2 Å². The summed E-state index contributed by atoms with van der Waals surface area (Å²) in [7, 11) is 1.69. The molecule has 0 bridgehead atoms. The Morgan fingerprint density at radius 1 is 1.21 bits per heavy atom. The standard InChI is InChI=1S/C17H19NO/c1-11-9-13(19-2)7-8-14(11)17(18)16-10-12-5-3-4-6-15(12)16/h3-9,16-17H,10,18H2,1-2H3. The highest BCUT2D eigenvalue weighted by molar-refractivity contribution is 5.45. The molecule has 0 heterocycles. The van der Waals surface area contributed by atoms with Gasteiger partial charge in [-0.2, -0.15) is 0 Å². The molecular weight excluding hydrogens is 234 g/mol. The highest BCUT2D eigenvalue weighted by atomic mass is 16.5. The molecule has 0 aliphatic heterocycles. The Bertz CT molecular complexity index is 606. The Morgan fingerprint density at radius 2 is 2.00 bits per heavy atom. The van der Waals surface area contributed by atoms with Crippen molar-refractivity contribution in [2.24, 2.45) is 5.73 Å². The molecule has 19 heavy (non-hydrogen) atoms. The van der Waals surface area contributed by atoms with Crippen LogP contribution in [0.3, 0.4) is 0 Å². The maximum atomic E-state index is 6.47. The lowest BCUT2D eigenvalue weighted by molar-refractivity contribution is 0.413. The van der Waals surface area contributed by atoms with Gasteiger partial charge in [-0.25, -0.2) is 0 Å². The number of hydrogen-bond donors (Lipinski definition) is 1. The van der Waals surface area contributed by atoms with Crippen molar-refractivity contribution in [3.05, 3.63) is 64.7 Å². The number of aryl methyl sites for hydroxylation is 1. The first kappa shape index (κ1) is 12.2. The second-order valence-electron chi connectivity index (χ2n) is 5.26. The zero-order valence-electron chi connectivity index (χ0n) is 11.4. The fourth-order valence-electron chi connectivity index (χ4n) is 2.98. The highest BCUT2D eigenvalue weighted by Crippen LogP contribution is 2.43. The van der Waals surface area contributed by atoms with Crippen molar-refractivity contribution in [1.82, 2.24) is 0 Å². The second kappa shape index (κ2) is 4.71. The number of benzene rings is 2. The summed E-state index contributed by atoms with van der Waals surface area (Å²) in [4.78, 5) is 0. The van der Waals surface area contributed by atoms with Gasteiger partial charge in [0.05, 0.1) is 7.11 Å². The molecule has 2 heteroatoms. The summed E-state index contributed by atoms with van der Waals surface area (Å²) in [5.41, 5.74) is 11.7. The largest absolute Gasteiger partial charge is 0.497 e. The predicted octanol–water partition coefficient (Wildman–Crippen LogP) is 3.34. The molecule has 1 aliphatic rings. The lowest BCUT2D eigenvalue weighted by Crippen LogP contribution is -2.29. The first-order valence-corrected chi connectivity index (χ1v) is 6.68. The molecule has 0 saturated heterocycles. The Kier molecular flexibility index (Phi) is 3.03. The number of hydrogen-bond acceptors (Lipinski definition) is 2. The maximum absolute atomic E-state index is 6.47. The van der Waals surface area contributed by atoms with E-state index in [1.807, 2.05) is 6.07 Å². The zero-order chi connectivity index (χ0) is 13.4. The molecule has 1 aliphatic carbocycles. The molecule has 0 aromatic heterocycles. The maximum Gasteiger partial charge on any atom is 0.119 e. The van der Waals surface area contributed by atoms with Gasteiger partial charge in [-0.1, -0.05) is 30.3 Å². The topological polar surface area (TPSA) is 35.2 Å². The van der Waals surface area contributed by atoms with Gasteiger partial charge in [-0.3, -0.25) is 0 Å². The van der Waals surface area contributed by atoms with Gasteiger partial charge in [0.15, 0.2) is 0 Å². The number of rotatable bonds is 3. The van der Waals surface area contributed by atoms with E-state index in [1.54, 1.807) is 7.11 Å². The van der Waals surface area contributed by atoms with Crippen LogP contribution in [0.15, 0.2) is 42.5 Å². The van der Waals surface area contributed by atoms with Gasteiger partial charge in [0, 0.05) is 12.0 Å². The van der Waals surface area contributed by atoms with E-state index in [0.29, 0.717) is 5.92 Å². The molecule has 2 atom stereocenters. The average molecular weight is 253 g/mol. The van der Waals surface area contributed by atoms with Crippen molar-refractivity contribution in [3.8, 4) is 5.75 Å². The Labute approximate surface area is 114 Å². The number of fused-ring (bicyclic) bond motifs is 1. The van der Waals surface area contributed by atoms with Crippen molar-refractivity contribution < 1.29 is 4.74 Å². The van der Waals surface area contributed by atoms with Gasteiger partial charge >= 0.3 is 0 Å². The van der Waals surface area contributed by atoms with Gasteiger partial charge in [-0.05, 0) is 47.7 Å². The molecule has 98 valence electrons. The summed E-state index contributed by atoms with van der Waals surface area (Å²) in [6.45, 7) is 2.10. The summed E-state index contributed by atoms with van der Waals surface area (Å²) in [5, 5.41) is 0. The van der Waals surface area contributed by atoms with Crippen molar-refractivity contribution in [1.29, 1.82) is 0 Å². The van der Waals surface area contributed by atoms with Crippen LogP contribution >= 0.6 is 0 Å². The molecule has 2 N–H and O–H groups in total. The minimum atomic E-state index is 0.0702. The molecule has 2 aromatic rings. The first-order chi connectivity index (χ1) is 9.20. The fraction of sp³-hybridized carbons (Fsp3) is 0.294. The van der Waals surface area contributed by atoms with Crippen LogP contribution in [0.4, 0.5) is 0 Å². The molecule has 0 amide bonds. The van der Waals surface area contributed by atoms with E-state index in [1.165, 1.54) is 22.3 Å². The van der Waals surface area contributed by atoms with Crippen molar-refractivity contribution in [2.75, 3.05) is 7.11 Å². The van der Waals surface area contributed by atoms with Crippen LogP contribution in [0, 0.1) is 6.92 Å². The summed E-state index contributed by atoms with van der Waals surface area (Å²) in [5.74, 6) is 1.34. The zero-order valence-corrected chi connectivity index (χ0v) is 11.4. The third-order valence-corrected chi connectivity index (χ3v) is 4.16. The van der Waals surface area contributed by atoms with E-state index in [4.69, 9.17) is 10.5 Å². The van der Waals surface area contributed by atoms with Crippen LogP contribution in [-0.2, 0) is 6.42 Å². The normalized spacial score (nSPS) is 18.4. The van der Waals surface area contributed by atoms with Gasteiger partial charge in [0.2, 0.25) is 0 Å². The minimum Gasteiger partial charge on any atom is -0.497 e. The molecule has 0 saturated carbocycles. The third-order valence-electron chi connectivity index (χ3n) is 4.16. The summed E-state index contributed by atoms with van der Waals surface area (Å²) in [6.07, 6.45) is 1.09. The van der Waals surface area contributed by atoms with E-state index in [-0.39, 0.29) is 6.04 Å². The van der Waals surface area contributed by atoms with E-state index in [2.05, 4.69) is 43.3 Å². The van der Waals surface area contributed by atoms with Crippen LogP contribution in [0.25, 0.3) is 0 Å². The molecule has 2 unspecified atom stereocenters. The van der Waals surface area contributed by atoms with E-state index >= 15 is 0 Å². The average Bonchev–Trinajstić information content (AvgIpc) is 2.39. The fourth-order valence-corrected chi connectivity index (χ4v) is 2.98. The molecule has 2 aromatic carbocycles. The van der Waals surface area contributed by atoms with Crippen LogP contribution in [-0.4, -0.2) is 7.11 Å². The van der Waals surface area contributed by atoms with Gasteiger partial charge in [0.25, 0.3) is 0 Å². The van der Waals surface area contributed by atoms with E-state index < -0.39 is 0 Å². The monoisotopic (exact) mass is 253 g/mol. The molecule has 3 rings (SSSR count). The van der Waals surface area contributed by atoms with Crippen molar-refractivity contribution in [3.63, 3.8) is 0 Å². The SMILES string of the molecule is COc1ccc(C(N)C2Cc3ccccc32)c(C)c1. The summed E-state index contributed by atoms with van der Waals surface area (Å²) < 4.78 is 5.25. The van der Waals surface area contributed by atoms with Crippen molar-refractivity contribution >= 4 is 0 Å². The predicted molar refractivity (Wildman–Crippen MR) is 77.5 cm³/mol. The smallest absolute Gasteiger partial charge is 0.119 e. The van der Waals surface area contributed by atoms with Crippen LogP contribution in [0.1, 0.15) is 34.2 Å². The first-order valence-electron chi connectivity index (χ1n) is 6.68. The summed E-state index contributed by atoms with van der Waals surface area (Å²) >= 11 is 0. The molecule has 0 fully saturated rings. The third kappa shape index (κ3) is 2.02. The Morgan fingerprint density at radius 3 is 2.68 bits per heavy atom. The van der Waals surface area contributed by atoms with E-state index in [9.17, 15) is 0 Å². The van der Waals surface area contributed by atoms with Crippen LogP contribution < -0.4 is 10.5 Å². The lowest BCUT2D eigenvalue weighted by atomic mass is 9.71. The lowest BCUT2D eigenvalue weighted by Gasteiger charge is -2.35. The number of methoxy groups -OCH3 is 1. The van der Waals surface area contributed by atoms with Gasteiger partial charge < -0.3 is 10.5 Å². The van der Waals surface area contributed by atoms with Crippen LogP contribution in [0.2, 0.25) is 0 Å². The second-order valence-corrected chi connectivity index (χ2v) is 5.26. The van der Waals surface area contributed by atoms with Crippen molar-refractivity contribution in [2.45, 2.75) is 25.3 Å². The number of nitrogens with two attached hydrogens (primary N) is 1.